The van der Waals surface area contributed by atoms with Gasteiger partial charge in [-0.2, -0.15) is 0 Å². The van der Waals surface area contributed by atoms with Gasteiger partial charge < -0.3 is 0 Å². The van der Waals surface area contributed by atoms with Crippen molar-refractivity contribution in [3.63, 3.8) is 0 Å². The summed E-state index contributed by atoms with van der Waals surface area (Å²) in [5.41, 5.74) is 3.02. The van der Waals surface area contributed by atoms with Gasteiger partial charge in [0.05, 0.1) is 11.4 Å². The van der Waals surface area contributed by atoms with E-state index in [1.807, 2.05) is 35.7 Å². The molecule has 88 valence electrons. The van der Waals surface area contributed by atoms with Gasteiger partial charge in [-0.1, -0.05) is 34.8 Å². The Balaban J connectivity index is 1.82. The van der Waals surface area contributed by atoms with Crippen LogP contribution in [0.3, 0.4) is 0 Å². The molecular formula is C13H9N3S2. The van der Waals surface area contributed by atoms with Gasteiger partial charge in [0.25, 0.3) is 0 Å². The van der Waals surface area contributed by atoms with E-state index in [1.165, 1.54) is 11.5 Å². The van der Waals surface area contributed by atoms with Crippen molar-refractivity contribution < 1.29 is 0 Å². The number of aromatic nitrogens is 3. The van der Waals surface area contributed by atoms with E-state index in [1.54, 1.807) is 11.3 Å². The maximum Gasteiger partial charge on any atom is 0.116 e. The monoisotopic (exact) mass is 271 g/mol. The lowest BCUT2D eigenvalue weighted by atomic mass is 10.2. The first kappa shape index (κ1) is 11.3. The van der Waals surface area contributed by atoms with Crippen LogP contribution in [0.15, 0.2) is 41.1 Å². The van der Waals surface area contributed by atoms with Crippen LogP contribution in [0, 0.1) is 0 Å². The highest BCUT2D eigenvalue weighted by Gasteiger charge is 2.01. The van der Waals surface area contributed by atoms with Crippen molar-refractivity contribution in [1.82, 2.24) is 14.6 Å². The second kappa shape index (κ2) is 5.20. The molecule has 2 heterocycles. The van der Waals surface area contributed by atoms with Crippen LogP contribution in [-0.4, -0.2) is 14.6 Å². The molecule has 5 heteroatoms. The standard InChI is InChI=1S/C13H9N3S2/c1-2-4-10(5-3-1)12-9-17-13(14-12)7-6-11-8-18-16-15-11/h1-9H. The van der Waals surface area contributed by atoms with Gasteiger partial charge in [0.2, 0.25) is 0 Å². The fourth-order valence-electron chi connectivity index (χ4n) is 1.51. The van der Waals surface area contributed by atoms with Crippen molar-refractivity contribution in [3.05, 3.63) is 51.8 Å². The summed E-state index contributed by atoms with van der Waals surface area (Å²) in [5, 5.41) is 8.90. The Bertz CT molecular complexity index is 642. The van der Waals surface area contributed by atoms with Crippen LogP contribution in [0.1, 0.15) is 10.7 Å². The summed E-state index contributed by atoms with van der Waals surface area (Å²) in [6.45, 7) is 0. The fourth-order valence-corrected chi connectivity index (χ4v) is 2.65. The fraction of sp³-hybridized carbons (Fsp3) is 0. The molecule has 0 unspecified atom stereocenters. The minimum atomic E-state index is 0.872. The topological polar surface area (TPSA) is 38.7 Å². The lowest BCUT2D eigenvalue weighted by Crippen LogP contribution is -1.77. The van der Waals surface area contributed by atoms with Crippen molar-refractivity contribution in [2.45, 2.75) is 0 Å². The summed E-state index contributed by atoms with van der Waals surface area (Å²) in [5.74, 6) is 0. The summed E-state index contributed by atoms with van der Waals surface area (Å²) in [7, 11) is 0. The van der Waals surface area contributed by atoms with E-state index in [0.717, 1.165) is 22.0 Å². The number of nitrogens with zero attached hydrogens (tertiary/aromatic N) is 3. The number of benzene rings is 1. The lowest BCUT2D eigenvalue weighted by molar-refractivity contribution is 1.14. The van der Waals surface area contributed by atoms with Crippen molar-refractivity contribution in [2.75, 3.05) is 0 Å². The third kappa shape index (κ3) is 2.52. The molecule has 0 aliphatic heterocycles. The molecule has 0 bridgehead atoms. The molecule has 3 aromatic rings. The zero-order valence-electron chi connectivity index (χ0n) is 9.35. The molecule has 0 radical (unpaired) electrons. The number of thiazole rings is 1. The minimum Gasteiger partial charge on any atom is -0.237 e. The number of hydrogen-bond acceptors (Lipinski definition) is 5. The average molecular weight is 271 g/mol. The van der Waals surface area contributed by atoms with Crippen LogP contribution in [0.4, 0.5) is 0 Å². The van der Waals surface area contributed by atoms with E-state index < -0.39 is 0 Å². The molecule has 0 aliphatic carbocycles. The molecule has 2 aromatic heterocycles. The van der Waals surface area contributed by atoms with Crippen LogP contribution in [0.2, 0.25) is 0 Å². The average Bonchev–Trinajstić information content (AvgIpc) is 3.09. The van der Waals surface area contributed by atoms with E-state index >= 15 is 0 Å². The maximum absolute atomic E-state index is 4.57. The first-order valence-corrected chi connectivity index (χ1v) is 7.09. The molecule has 0 spiro atoms. The Morgan fingerprint density at radius 3 is 2.67 bits per heavy atom. The smallest absolute Gasteiger partial charge is 0.116 e. The van der Waals surface area contributed by atoms with Gasteiger partial charge in [0.1, 0.15) is 5.01 Å². The van der Waals surface area contributed by atoms with Gasteiger partial charge >= 0.3 is 0 Å². The van der Waals surface area contributed by atoms with Crippen molar-refractivity contribution in [3.8, 4) is 11.3 Å². The lowest BCUT2D eigenvalue weighted by Gasteiger charge is -1.93. The molecule has 0 N–H and O–H groups in total. The van der Waals surface area contributed by atoms with E-state index in [2.05, 4.69) is 32.1 Å². The molecule has 0 amide bonds. The first-order chi connectivity index (χ1) is 8.92. The Labute approximate surface area is 113 Å². The molecule has 3 nitrogen and oxygen atoms in total. The van der Waals surface area contributed by atoms with E-state index in [9.17, 15) is 0 Å². The molecule has 18 heavy (non-hydrogen) atoms. The van der Waals surface area contributed by atoms with Crippen LogP contribution >= 0.6 is 22.9 Å². The first-order valence-electron chi connectivity index (χ1n) is 5.38. The minimum absolute atomic E-state index is 0.872. The van der Waals surface area contributed by atoms with Crippen molar-refractivity contribution in [1.29, 1.82) is 0 Å². The van der Waals surface area contributed by atoms with Crippen LogP contribution in [-0.2, 0) is 0 Å². The van der Waals surface area contributed by atoms with Crippen LogP contribution < -0.4 is 0 Å². The van der Waals surface area contributed by atoms with Gasteiger partial charge in [-0.05, 0) is 23.7 Å². The largest absolute Gasteiger partial charge is 0.237 e. The summed E-state index contributed by atoms with van der Waals surface area (Å²) in [4.78, 5) is 4.57. The van der Waals surface area contributed by atoms with Crippen LogP contribution in [0.25, 0.3) is 23.4 Å². The summed E-state index contributed by atoms with van der Waals surface area (Å²) >= 11 is 2.97. The zero-order chi connectivity index (χ0) is 12.2. The molecule has 0 saturated heterocycles. The molecule has 1 aromatic carbocycles. The number of hydrogen-bond donors (Lipinski definition) is 0. The summed E-state index contributed by atoms with van der Waals surface area (Å²) < 4.78 is 3.81. The van der Waals surface area contributed by atoms with E-state index in [0.29, 0.717) is 0 Å². The van der Waals surface area contributed by atoms with Gasteiger partial charge in [-0.3, -0.25) is 0 Å². The Morgan fingerprint density at radius 2 is 1.89 bits per heavy atom. The van der Waals surface area contributed by atoms with Gasteiger partial charge in [0, 0.05) is 16.3 Å². The van der Waals surface area contributed by atoms with Gasteiger partial charge in [-0.15, -0.1) is 16.4 Å². The summed E-state index contributed by atoms with van der Waals surface area (Å²) in [6.07, 6.45) is 3.89. The third-order valence-electron chi connectivity index (χ3n) is 2.37. The molecule has 3 rings (SSSR count). The molecule has 0 fully saturated rings. The second-order valence-electron chi connectivity index (χ2n) is 3.60. The molecule has 0 atom stereocenters. The van der Waals surface area contributed by atoms with Crippen molar-refractivity contribution in [2.24, 2.45) is 0 Å². The predicted octanol–water partition coefficient (Wildman–Crippen LogP) is 3.83. The Kier molecular flexibility index (Phi) is 3.25. The quantitative estimate of drug-likeness (QED) is 0.726. The number of rotatable bonds is 3. The zero-order valence-corrected chi connectivity index (χ0v) is 11.0. The molecule has 0 saturated carbocycles. The molecule has 0 aliphatic rings. The Morgan fingerprint density at radius 1 is 1.00 bits per heavy atom. The normalized spacial score (nSPS) is 11.1. The van der Waals surface area contributed by atoms with Crippen molar-refractivity contribution >= 4 is 35.0 Å². The van der Waals surface area contributed by atoms with Gasteiger partial charge in [-0.25, -0.2) is 4.98 Å². The SMILES string of the molecule is C(=Cc1nc(-c2ccccc2)cs1)c1csnn1. The third-order valence-corrected chi connectivity index (χ3v) is 3.70. The van der Waals surface area contributed by atoms with E-state index in [4.69, 9.17) is 0 Å². The second-order valence-corrected chi connectivity index (χ2v) is 5.10. The highest BCUT2D eigenvalue weighted by atomic mass is 32.1. The van der Waals surface area contributed by atoms with Gasteiger partial charge in [0.15, 0.2) is 0 Å². The summed E-state index contributed by atoms with van der Waals surface area (Å²) in [6, 6.07) is 10.2. The molecular weight excluding hydrogens is 262 g/mol. The van der Waals surface area contributed by atoms with E-state index in [-0.39, 0.29) is 0 Å². The Hall–Kier alpha value is -1.85. The maximum atomic E-state index is 4.57. The predicted molar refractivity (Wildman–Crippen MR) is 76.4 cm³/mol. The van der Waals surface area contributed by atoms with Crippen LogP contribution in [0.5, 0.6) is 0 Å². The highest BCUT2D eigenvalue weighted by Crippen LogP contribution is 2.22. The highest BCUT2D eigenvalue weighted by molar-refractivity contribution is 7.10.